The maximum absolute atomic E-state index is 4.58. The predicted molar refractivity (Wildman–Crippen MR) is 74.1 cm³/mol. The van der Waals surface area contributed by atoms with Crippen LogP contribution in [-0.2, 0) is 0 Å². The van der Waals surface area contributed by atoms with E-state index in [1.54, 1.807) is 11.8 Å². The second kappa shape index (κ2) is 4.96. The molecule has 2 rings (SSSR count). The van der Waals surface area contributed by atoms with Crippen molar-refractivity contribution in [2.24, 2.45) is 9.98 Å². The van der Waals surface area contributed by atoms with Gasteiger partial charge in [-0.05, 0) is 39.9 Å². The lowest BCUT2D eigenvalue weighted by molar-refractivity contribution is 0.167. The smallest absolute Gasteiger partial charge is 0.193 e. The molecule has 1 aliphatic heterocycles. The molecule has 2 N–H and O–H groups in total. The van der Waals surface area contributed by atoms with Crippen LogP contribution in [0.25, 0.3) is 0 Å². The third kappa shape index (κ3) is 3.97. The molecule has 0 aromatic heterocycles. The quantitative estimate of drug-likeness (QED) is 0.800. The van der Waals surface area contributed by atoms with Crippen molar-refractivity contribution >= 4 is 23.3 Å². The molecule has 2 aliphatic rings. The first-order valence-corrected chi connectivity index (χ1v) is 7.18. The Balaban J connectivity index is 2.03. The molecular weight excluding hydrogens is 234 g/mol. The van der Waals surface area contributed by atoms with Crippen molar-refractivity contribution in [1.82, 2.24) is 15.8 Å². The van der Waals surface area contributed by atoms with Crippen LogP contribution in [0.2, 0.25) is 0 Å². The van der Waals surface area contributed by atoms with Crippen LogP contribution in [0.4, 0.5) is 0 Å². The van der Waals surface area contributed by atoms with Crippen LogP contribution in [0, 0.1) is 0 Å². The van der Waals surface area contributed by atoms with Gasteiger partial charge in [0.1, 0.15) is 6.34 Å². The fourth-order valence-electron chi connectivity index (χ4n) is 1.50. The summed E-state index contributed by atoms with van der Waals surface area (Å²) in [6.07, 6.45) is 6.24. The number of amidine groups is 1. The molecule has 0 spiro atoms. The molecule has 6 heteroatoms. The van der Waals surface area contributed by atoms with Gasteiger partial charge in [0.05, 0.1) is 0 Å². The minimum absolute atomic E-state index is 0.0202. The third-order valence-electron chi connectivity index (χ3n) is 2.44. The van der Waals surface area contributed by atoms with E-state index in [0.717, 1.165) is 5.17 Å². The molecule has 1 atom stereocenters. The predicted octanol–water partition coefficient (Wildman–Crippen LogP) is 1.39. The summed E-state index contributed by atoms with van der Waals surface area (Å²) in [4.78, 5) is 8.88. The first-order valence-electron chi connectivity index (χ1n) is 5.96. The Bertz CT molecular complexity index is 329. The van der Waals surface area contributed by atoms with Gasteiger partial charge in [-0.25, -0.2) is 15.4 Å². The van der Waals surface area contributed by atoms with Crippen molar-refractivity contribution in [3.8, 4) is 0 Å². The van der Waals surface area contributed by atoms with Gasteiger partial charge in [-0.1, -0.05) is 11.8 Å². The largest absolute Gasteiger partial charge is 0.273 e. The molecule has 17 heavy (non-hydrogen) atoms. The van der Waals surface area contributed by atoms with Crippen molar-refractivity contribution < 1.29 is 0 Å². The summed E-state index contributed by atoms with van der Waals surface area (Å²) in [5, 5.41) is 6.27. The minimum atomic E-state index is -0.0736. The van der Waals surface area contributed by atoms with E-state index in [1.165, 1.54) is 12.8 Å². The summed E-state index contributed by atoms with van der Waals surface area (Å²) >= 11 is 1.57. The van der Waals surface area contributed by atoms with Gasteiger partial charge < -0.3 is 0 Å². The highest BCUT2D eigenvalue weighted by Crippen LogP contribution is 2.20. The topological polar surface area (TPSA) is 52.0 Å². The second-order valence-corrected chi connectivity index (χ2v) is 6.21. The van der Waals surface area contributed by atoms with Crippen molar-refractivity contribution in [2.45, 2.75) is 51.5 Å². The van der Waals surface area contributed by atoms with Gasteiger partial charge in [0.25, 0.3) is 0 Å². The molecular formula is C11H21N5S. The van der Waals surface area contributed by atoms with Gasteiger partial charge in [0.15, 0.2) is 11.5 Å². The van der Waals surface area contributed by atoms with E-state index in [4.69, 9.17) is 0 Å². The number of nitrogens with zero attached hydrogens (tertiary/aromatic N) is 3. The number of rotatable bonds is 3. The van der Waals surface area contributed by atoms with Crippen molar-refractivity contribution in [1.29, 1.82) is 0 Å². The number of thioether (sulfide) groups is 1. The Labute approximate surface area is 107 Å². The second-order valence-electron chi connectivity index (χ2n) is 5.44. The number of aliphatic imine (C=N–C) groups is 2. The van der Waals surface area contributed by atoms with Crippen molar-refractivity contribution in [2.75, 3.05) is 6.26 Å². The van der Waals surface area contributed by atoms with Gasteiger partial charge in [0.2, 0.25) is 0 Å². The summed E-state index contributed by atoms with van der Waals surface area (Å²) in [5.41, 5.74) is 3.44. The SMILES string of the molecule is CSC1=NC(NC(C)(C)C)N(NC2CC2)C=N1. The fraction of sp³-hybridized carbons (Fsp3) is 0.818. The molecule has 1 aliphatic carbocycles. The van der Waals surface area contributed by atoms with Crippen molar-refractivity contribution in [3.05, 3.63) is 0 Å². The summed E-state index contributed by atoms with van der Waals surface area (Å²) in [6, 6.07) is 0.594. The standard InChI is InChI=1S/C11H21N5S/c1-11(2,3)14-9-13-10(17-4)12-7-16(9)15-8-5-6-8/h7-9,14-15H,5-6H2,1-4H3. The van der Waals surface area contributed by atoms with Crippen LogP contribution in [0.1, 0.15) is 33.6 Å². The number of hydrazine groups is 1. The Morgan fingerprint density at radius 3 is 2.65 bits per heavy atom. The normalized spacial score (nSPS) is 25.1. The minimum Gasteiger partial charge on any atom is -0.273 e. The lowest BCUT2D eigenvalue weighted by Gasteiger charge is -2.35. The molecule has 96 valence electrons. The molecule has 0 amide bonds. The van der Waals surface area contributed by atoms with E-state index in [1.807, 2.05) is 17.6 Å². The molecule has 1 heterocycles. The van der Waals surface area contributed by atoms with Crippen LogP contribution in [-0.4, -0.2) is 40.6 Å². The van der Waals surface area contributed by atoms with Crippen molar-refractivity contribution in [3.63, 3.8) is 0 Å². The summed E-state index contributed by atoms with van der Waals surface area (Å²) in [5.74, 6) is 0. The molecule has 0 aromatic carbocycles. The summed E-state index contributed by atoms with van der Waals surface area (Å²) in [6.45, 7) is 6.42. The zero-order chi connectivity index (χ0) is 12.5. The van der Waals surface area contributed by atoms with Gasteiger partial charge in [-0.15, -0.1) is 0 Å². The maximum atomic E-state index is 4.58. The lowest BCUT2D eigenvalue weighted by atomic mass is 10.1. The van der Waals surface area contributed by atoms with Gasteiger partial charge in [0, 0.05) is 11.6 Å². The Morgan fingerprint density at radius 1 is 1.41 bits per heavy atom. The van der Waals surface area contributed by atoms with E-state index < -0.39 is 0 Å². The Kier molecular flexibility index (Phi) is 3.75. The van der Waals surface area contributed by atoms with Gasteiger partial charge in [-0.3, -0.25) is 10.3 Å². The van der Waals surface area contributed by atoms with Gasteiger partial charge in [-0.2, -0.15) is 0 Å². The molecule has 0 saturated heterocycles. The van der Waals surface area contributed by atoms with E-state index in [0.29, 0.717) is 6.04 Å². The zero-order valence-corrected chi connectivity index (χ0v) is 11.7. The lowest BCUT2D eigenvalue weighted by Crippen LogP contribution is -2.57. The van der Waals surface area contributed by atoms with E-state index in [-0.39, 0.29) is 11.8 Å². The highest BCUT2D eigenvalue weighted by atomic mass is 32.2. The molecule has 1 saturated carbocycles. The summed E-state index contributed by atoms with van der Waals surface area (Å²) in [7, 11) is 0. The van der Waals surface area contributed by atoms with E-state index in [2.05, 4.69) is 41.5 Å². The fourth-order valence-corrected chi connectivity index (χ4v) is 1.85. The number of hydrogen-bond donors (Lipinski definition) is 2. The zero-order valence-electron chi connectivity index (χ0n) is 10.9. The first kappa shape index (κ1) is 12.9. The third-order valence-corrected chi connectivity index (χ3v) is 3.02. The first-order chi connectivity index (χ1) is 7.98. The summed E-state index contributed by atoms with van der Waals surface area (Å²) < 4.78 is 0. The molecule has 5 nitrogen and oxygen atoms in total. The maximum Gasteiger partial charge on any atom is 0.193 e. The average Bonchev–Trinajstić information content (AvgIpc) is 3.02. The van der Waals surface area contributed by atoms with Crippen LogP contribution in [0.15, 0.2) is 9.98 Å². The van der Waals surface area contributed by atoms with Crippen LogP contribution in [0.3, 0.4) is 0 Å². The molecule has 0 bridgehead atoms. The monoisotopic (exact) mass is 255 g/mol. The van der Waals surface area contributed by atoms with Crippen LogP contribution in [0.5, 0.6) is 0 Å². The molecule has 1 unspecified atom stereocenters. The molecule has 0 radical (unpaired) electrons. The van der Waals surface area contributed by atoms with Crippen LogP contribution < -0.4 is 10.7 Å². The highest BCUT2D eigenvalue weighted by Gasteiger charge is 2.29. The average molecular weight is 255 g/mol. The Hall–Kier alpha value is -0.590. The van der Waals surface area contributed by atoms with E-state index >= 15 is 0 Å². The van der Waals surface area contributed by atoms with Gasteiger partial charge >= 0.3 is 0 Å². The highest BCUT2D eigenvalue weighted by molar-refractivity contribution is 8.13. The number of hydrogen-bond acceptors (Lipinski definition) is 6. The number of nitrogens with one attached hydrogen (secondary N) is 2. The Morgan fingerprint density at radius 2 is 2.12 bits per heavy atom. The molecule has 0 aromatic rings. The van der Waals surface area contributed by atoms with Crippen LogP contribution >= 0.6 is 11.8 Å². The van der Waals surface area contributed by atoms with E-state index in [9.17, 15) is 0 Å². The molecule has 1 fully saturated rings.